The number of thioether (sulfide) groups is 1. The normalized spacial score (nSPS) is 24.4. The van der Waals surface area contributed by atoms with Crippen LogP contribution < -0.4 is 31.9 Å². The van der Waals surface area contributed by atoms with Gasteiger partial charge in [0.2, 0.25) is 11.8 Å². The minimum absolute atomic E-state index is 0.0169. The van der Waals surface area contributed by atoms with Crippen molar-refractivity contribution in [1.29, 1.82) is 0 Å². The van der Waals surface area contributed by atoms with Crippen LogP contribution in [0.2, 0.25) is 0 Å². The molecule has 3 rings (SSSR count). The Hall–Kier alpha value is -2.30. The number of hydrogen-bond donors (Lipinski definition) is 7. The number of carbonyl (C=O) groups excluding carboxylic acids is 3. The van der Waals surface area contributed by atoms with Gasteiger partial charge in [-0.3, -0.25) is 9.59 Å². The van der Waals surface area contributed by atoms with Gasteiger partial charge in [-0.2, -0.15) is 24.9 Å². The van der Waals surface area contributed by atoms with Crippen molar-refractivity contribution in [1.82, 2.24) is 36.8 Å². The van der Waals surface area contributed by atoms with Crippen LogP contribution in [0.3, 0.4) is 0 Å². The van der Waals surface area contributed by atoms with Crippen LogP contribution >= 0.6 is 11.8 Å². The summed E-state index contributed by atoms with van der Waals surface area (Å²) in [6, 6.07) is 0.389. The maximum absolute atomic E-state index is 12.7. The summed E-state index contributed by atoms with van der Waals surface area (Å²) in [5.74, 6) is -1.88. The molecule has 0 aromatic heterocycles. The Morgan fingerprint density at radius 2 is 1.60 bits per heavy atom. The molecule has 3 aliphatic heterocycles. The molecule has 0 unspecified atom stereocenters. The van der Waals surface area contributed by atoms with Gasteiger partial charge in [0, 0.05) is 50.1 Å². The molecular weight excluding hydrogens is 555 g/mol. The van der Waals surface area contributed by atoms with E-state index in [2.05, 4.69) is 31.9 Å². The molecule has 12 nitrogen and oxygen atoms in total. The Morgan fingerprint density at radius 1 is 0.950 bits per heavy atom. The zero-order chi connectivity index (χ0) is 29.4. The Labute approximate surface area is 236 Å². The second-order valence-corrected chi connectivity index (χ2v) is 11.1. The number of amides is 4. The van der Waals surface area contributed by atoms with Gasteiger partial charge in [0.1, 0.15) is 0 Å². The van der Waals surface area contributed by atoms with Gasteiger partial charge < -0.3 is 41.9 Å². The SMILES string of the molecule is O=C(CCCC[C@@H]1SC[C@@H]2NC(=O)N[C@@H]21)NCC(=O)N1CCCNCCNCCCNCC1.O=C(O)C(F)(F)F. The van der Waals surface area contributed by atoms with Gasteiger partial charge >= 0.3 is 18.2 Å². The van der Waals surface area contributed by atoms with Crippen LogP contribution in [0, 0.1) is 0 Å². The number of carboxylic acids is 1. The Kier molecular flexibility index (Phi) is 15.4. The quantitative estimate of drug-likeness (QED) is 0.156. The van der Waals surface area contributed by atoms with Gasteiger partial charge in [-0.05, 0) is 45.3 Å². The number of hydrogen-bond acceptors (Lipinski definition) is 8. The van der Waals surface area contributed by atoms with E-state index < -0.39 is 12.1 Å². The lowest BCUT2D eigenvalue weighted by Crippen LogP contribution is -2.44. The standard InChI is InChI=1S/C22H41N7O3S.C2HF3O2/c30-19(6-2-1-5-18-21-17(16-33-18)27-22(32)28-21)26-15-20(31)29-13-4-9-24-11-10-23-7-3-8-25-12-14-29;3-2(4,5)1(6)7/h17-18,21,23-25H,1-16H2,(H,26,30)(H2,27,28,32);(H,6,7)/t17-,18-,21-;/m0./s1. The van der Waals surface area contributed by atoms with Crippen LogP contribution in [-0.4, -0.2) is 122 Å². The summed E-state index contributed by atoms with van der Waals surface area (Å²) in [6.07, 6.45) is 0.0447. The Bertz CT molecular complexity index is 810. The smallest absolute Gasteiger partial charge is 0.475 e. The van der Waals surface area contributed by atoms with Crippen molar-refractivity contribution < 1.29 is 37.5 Å². The topological polar surface area (TPSA) is 164 Å². The number of unbranched alkanes of at least 4 members (excludes halogenated alkanes) is 1. The third-order valence-corrected chi connectivity index (χ3v) is 8.15. The highest BCUT2D eigenvalue weighted by Gasteiger charge is 2.42. The molecule has 0 spiro atoms. The van der Waals surface area contributed by atoms with Crippen molar-refractivity contribution in [2.75, 3.05) is 64.7 Å². The number of nitrogens with zero attached hydrogens (tertiary/aromatic N) is 1. The first kappa shape index (κ1) is 33.9. The number of fused-ring (bicyclic) bond motifs is 1. The number of urea groups is 1. The number of alkyl halides is 3. The van der Waals surface area contributed by atoms with Gasteiger partial charge in [-0.15, -0.1) is 0 Å². The molecular formula is C24H42F3N7O5S. The molecule has 0 aromatic rings. The van der Waals surface area contributed by atoms with Crippen LogP contribution in [0.25, 0.3) is 0 Å². The van der Waals surface area contributed by atoms with Crippen molar-refractivity contribution in [3.05, 3.63) is 0 Å². The summed E-state index contributed by atoms with van der Waals surface area (Å²) < 4.78 is 31.7. The summed E-state index contributed by atoms with van der Waals surface area (Å²) in [5.41, 5.74) is 0. The number of carbonyl (C=O) groups is 4. The highest BCUT2D eigenvalue weighted by Crippen LogP contribution is 2.33. The van der Waals surface area contributed by atoms with Crippen LogP contribution in [-0.2, 0) is 14.4 Å². The van der Waals surface area contributed by atoms with E-state index >= 15 is 0 Å². The maximum atomic E-state index is 12.7. The number of aliphatic carboxylic acids is 1. The van der Waals surface area contributed by atoms with E-state index in [4.69, 9.17) is 9.90 Å². The number of rotatable bonds is 7. The summed E-state index contributed by atoms with van der Waals surface area (Å²) in [5, 5.41) is 26.5. The van der Waals surface area contributed by atoms with E-state index in [1.807, 2.05) is 16.7 Å². The van der Waals surface area contributed by atoms with E-state index in [1.165, 1.54) is 0 Å². The monoisotopic (exact) mass is 597 g/mol. The number of halogens is 3. The fourth-order valence-corrected chi connectivity index (χ4v) is 6.05. The molecule has 40 heavy (non-hydrogen) atoms. The molecule has 3 aliphatic rings. The Balaban J connectivity index is 0.000000708. The highest BCUT2D eigenvalue weighted by atomic mass is 32.2. The average Bonchev–Trinajstić information content (AvgIpc) is 3.45. The first-order chi connectivity index (χ1) is 19.1. The van der Waals surface area contributed by atoms with Gasteiger partial charge in [0.05, 0.1) is 18.6 Å². The van der Waals surface area contributed by atoms with Crippen LogP contribution in [0.1, 0.15) is 38.5 Å². The molecule has 0 aromatic carbocycles. The molecule has 0 radical (unpaired) electrons. The van der Waals surface area contributed by atoms with Gasteiger partial charge in [-0.1, -0.05) is 6.42 Å². The molecule has 4 amide bonds. The third kappa shape index (κ3) is 13.4. The fourth-order valence-electron chi connectivity index (χ4n) is 4.51. The largest absolute Gasteiger partial charge is 0.490 e. The van der Waals surface area contributed by atoms with Crippen molar-refractivity contribution in [2.24, 2.45) is 0 Å². The van der Waals surface area contributed by atoms with E-state index in [0.717, 1.165) is 77.1 Å². The van der Waals surface area contributed by atoms with Crippen molar-refractivity contribution >= 4 is 35.6 Å². The van der Waals surface area contributed by atoms with Crippen molar-refractivity contribution in [2.45, 2.75) is 62.0 Å². The lowest BCUT2D eigenvalue weighted by Gasteiger charge is -2.24. The maximum Gasteiger partial charge on any atom is 0.490 e. The Morgan fingerprint density at radius 3 is 2.27 bits per heavy atom. The predicted octanol–water partition coefficient (Wildman–Crippen LogP) is -0.147. The first-order valence-corrected chi connectivity index (χ1v) is 14.8. The molecule has 3 saturated heterocycles. The average molecular weight is 598 g/mol. The fraction of sp³-hybridized carbons (Fsp3) is 0.833. The van der Waals surface area contributed by atoms with Crippen LogP contribution in [0.5, 0.6) is 0 Å². The summed E-state index contributed by atoms with van der Waals surface area (Å²) in [4.78, 5) is 47.2. The third-order valence-electron chi connectivity index (χ3n) is 6.64. The zero-order valence-electron chi connectivity index (χ0n) is 22.6. The second kappa shape index (κ2) is 18.2. The zero-order valence-corrected chi connectivity index (χ0v) is 23.4. The number of nitrogens with one attached hydrogen (secondary N) is 6. The lowest BCUT2D eigenvalue weighted by atomic mass is 10.0. The predicted molar refractivity (Wildman–Crippen MR) is 145 cm³/mol. The lowest BCUT2D eigenvalue weighted by molar-refractivity contribution is -0.192. The van der Waals surface area contributed by atoms with E-state index in [-0.39, 0.29) is 36.5 Å². The first-order valence-electron chi connectivity index (χ1n) is 13.7. The van der Waals surface area contributed by atoms with E-state index in [0.29, 0.717) is 24.8 Å². The molecule has 3 fully saturated rings. The van der Waals surface area contributed by atoms with Crippen molar-refractivity contribution in [3.63, 3.8) is 0 Å². The van der Waals surface area contributed by atoms with Gasteiger partial charge in [0.25, 0.3) is 0 Å². The number of carboxylic acid groups (broad SMARTS) is 1. The molecule has 0 aliphatic carbocycles. The molecule has 0 bridgehead atoms. The minimum Gasteiger partial charge on any atom is -0.475 e. The molecule has 230 valence electrons. The summed E-state index contributed by atoms with van der Waals surface area (Å²) in [7, 11) is 0. The second-order valence-electron chi connectivity index (χ2n) is 9.79. The van der Waals surface area contributed by atoms with E-state index in [9.17, 15) is 27.6 Å². The van der Waals surface area contributed by atoms with Gasteiger partial charge in [-0.25, -0.2) is 9.59 Å². The summed E-state index contributed by atoms with van der Waals surface area (Å²) in [6.45, 7) is 6.90. The molecule has 7 N–H and O–H groups in total. The van der Waals surface area contributed by atoms with Crippen LogP contribution in [0.15, 0.2) is 0 Å². The van der Waals surface area contributed by atoms with Gasteiger partial charge in [0.15, 0.2) is 0 Å². The molecule has 3 heterocycles. The molecule has 3 atom stereocenters. The van der Waals surface area contributed by atoms with Crippen molar-refractivity contribution in [3.8, 4) is 0 Å². The minimum atomic E-state index is -5.08. The highest BCUT2D eigenvalue weighted by molar-refractivity contribution is 8.00. The molecule has 16 heteroatoms. The van der Waals surface area contributed by atoms with E-state index in [1.54, 1.807) is 0 Å². The summed E-state index contributed by atoms with van der Waals surface area (Å²) >= 11 is 1.90. The van der Waals surface area contributed by atoms with Crippen LogP contribution in [0.4, 0.5) is 18.0 Å². The molecule has 0 saturated carbocycles.